The van der Waals surface area contributed by atoms with Crippen molar-refractivity contribution in [3.63, 3.8) is 0 Å². The lowest BCUT2D eigenvalue weighted by Gasteiger charge is -2.43. The molecule has 0 aromatic heterocycles. The fourth-order valence-corrected chi connectivity index (χ4v) is 6.03. The normalized spacial score (nSPS) is 24.4. The van der Waals surface area contributed by atoms with Gasteiger partial charge in [0, 0.05) is 12.6 Å². The van der Waals surface area contributed by atoms with E-state index in [2.05, 4.69) is 0 Å². The van der Waals surface area contributed by atoms with E-state index in [4.69, 9.17) is 24.1 Å². The number of aliphatic hydroxyl groups is 3. The molecule has 0 bridgehead atoms. The zero-order valence-corrected chi connectivity index (χ0v) is 28.2. The summed E-state index contributed by atoms with van der Waals surface area (Å²) in [6.45, 7) is -0.882. The summed E-state index contributed by atoms with van der Waals surface area (Å²) < 4.78 is 143. The molecule has 7 atom stereocenters. The standard InChI is InChI=1S/C32H31F9N2O12/c1-3-17-10-20(42(28(50)52-2)11-13-6-15(31(36,37)38)8-16(7-13)32(39,40)41)18-9-14(30(33,34)35)4-5-19(18)43(17)29(51)53-12-21(44)54-27-24(47)22(45)23(46)25(55-27)26(48)49/h4-9,17,20,22-25,27,45-47H,3,10-12H2,1-2H3,(H,48,49)/t17?,20-,22?,23?,24?,25?,27?/m0/s1. The Balaban J connectivity index is 1.69. The molecule has 23 heteroatoms. The summed E-state index contributed by atoms with van der Waals surface area (Å²) in [6.07, 6.45) is -29.7. The smallest absolute Gasteiger partial charge is 0.416 e. The van der Waals surface area contributed by atoms with Gasteiger partial charge in [-0.2, -0.15) is 39.5 Å². The van der Waals surface area contributed by atoms with Crippen LogP contribution in [-0.2, 0) is 53.6 Å². The molecule has 55 heavy (non-hydrogen) atoms. The van der Waals surface area contributed by atoms with Crippen LogP contribution in [0.1, 0.15) is 53.6 Å². The van der Waals surface area contributed by atoms with E-state index >= 15 is 0 Å². The molecule has 0 saturated carbocycles. The number of anilines is 1. The number of aliphatic carboxylic acids is 1. The molecule has 4 N–H and O–H groups in total. The topological polar surface area (TPSA) is 193 Å². The van der Waals surface area contributed by atoms with Crippen molar-refractivity contribution in [2.45, 2.75) is 87.6 Å². The highest BCUT2D eigenvalue weighted by molar-refractivity contribution is 5.91. The van der Waals surface area contributed by atoms with Crippen LogP contribution in [0.5, 0.6) is 0 Å². The number of halogens is 9. The molecule has 1 saturated heterocycles. The van der Waals surface area contributed by atoms with E-state index in [-0.39, 0.29) is 18.2 Å². The molecule has 2 aromatic rings. The predicted molar refractivity (Wildman–Crippen MR) is 162 cm³/mol. The number of benzene rings is 2. The van der Waals surface area contributed by atoms with Crippen molar-refractivity contribution >= 4 is 29.8 Å². The Morgan fingerprint density at radius 3 is 1.95 bits per heavy atom. The lowest BCUT2D eigenvalue weighted by atomic mass is 9.87. The summed E-state index contributed by atoms with van der Waals surface area (Å²) in [7, 11) is 0.806. The number of alkyl halides is 9. The minimum absolute atomic E-state index is 0.0633. The average molecular weight is 807 g/mol. The van der Waals surface area contributed by atoms with Crippen molar-refractivity contribution in [3.8, 4) is 0 Å². The molecule has 2 heterocycles. The zero-order chi connectivity index (χ0) is 41.4. The molecule has 4 rings (SSSR count). The molecule has 6 unspecified atom stereocenters. The van der Waals surface area contributed by atoms with Crippen LogP contribution in [0.25, 0.3) is 0 Å². The van der Waals surface area contributed by atoms with E-state index in [1.165, 1.54) is 6.92 Å². The fraction of sp³-hybridized carbons (Fsp3) is 0.500. The number of aliphatic hydroxyl groups excluding tert-OH is 3. The Bertz CT molecular complexity index is 1740. The Morgan fingerprint density at radius 2 is 1.44 bits per heavy atom. The van der Waals surface area contributed by atoms with Gasteiger partial charge in [-0.05, 0) is 60.4 Å². The number of carbonyl (C=O) groups excluding carboxylic acids is 3. The van der Waals surface area contributed by atoms with E-state index in [9.17, 15) is 74.0 Å². The molecule has 2 aliphatic rings. The first-order chi connectivity index (χ1) is 25.4. The number of methoxy groups -OCH3 is 1. The third kappa shape index (κ3) is 9.51. The Morgan fingerprint density at radius 1 is 0.855 bits per heavy atom. The molecular formula is C32H31F9N2O12. The summed E-state index contributed by atoms with van der Waals surface area (Å²) in [4.78, 5) is 51.8. The van der Waals surface area contributed by atoms with E-state index in [1.807, 2.05) is 0 Å². The van der Waals surface area contributed by atoms with Crippen LogP contribution in [0, 0.1) is 0 Å². The van der Waals surface area contributed by atoms with Crippen LogP contribution >= 0.6 is 0 Å². The highest BCUT2D eigenvalue weighted by Gasteiger charge is 2.49. The number of nitrogens with zero attached hydrogens (tertiary/aromatic N) is 2. The van der Waals surface area contributed by atoms with Gasteiger partial charge in [0.2, 0.25) is 6.29 Å². The molecule has 2 amide bonds. The Hall–Kier alpha value is -4.87. The minimum Gasteiger partial charge on any atom is -0.479 e. The molecule has 2 aromatic carbocycles. The van der Waals surface area contributed by atoms with Crippen molar-refractivity contribution in [1.29, 1.82) is 0 Å². The van der Waals surface area contributed by atoms with Crippen LogP contribution in [0.15, 0.2) is 36.4 Å². The van der Waals surface area contributed by atoms with E-state index in [1.54, 1.807) is 0 Å². The summed E-state index contributed by atoms with van der Waals surface area (Å²) >= 11 is 0. The van der Waals surface area contributed by atoms with Gasteiger partial charge in [0.15, 0.2) is 12.7 Å². The zero-order valence-electron chi connectivity index (χ0n) is 28.2. The Kier molecular flexibility index (Phi) is 12.5. The van der Waals surface area contributed by atoms with Gasteiger partial charge in [-0.1, -0.05) is 6.92 Å². The van der Waals surface area contributed by atoms with Gasteiger partial charge < -0.3 is 39.4 Å². The maximum atomic E-state index is 13.9. The second-order valence-electron chi connectivity index (χ2n) is 12.2. The molecule has 2 aliphatic heterocycles. The van der Waals surface area contributed by atoms with Crippen LogP contribution in [0.3, 0.4) is 0 Å². The number of rotatable bonds is 8. The third-order valence-electron chi connectivity index (χ3n) is 8.66. The largest absolute Gasteiger partial charge is 0.479 e. The van der Waals surface area contributed by atoms with E-state index < -0.39 is 133 Å². The number of carboxylic acids is 1. The number of hydrogen-bond acceptors (Lipinski definition) is 11. The molecule has 0 aliphatic carbocycles. The lowest BCUT2D eigenvalue weighted by molar-refractivity contribution is -0.286. The first-order valence-corrected chi connectivity index (χ1v) is 15.8. The molecular weight excluding hydrogens is 775 g/mol. The van der Waals surface area contributed by atoms with E-state index in [0.29, 0.717) is 29.2 Å². The van der Waals surface area contributed by atoms with Gasteiger partial charge in [0.1, 0.15) is 18.3 Å². The van der Waals surface area contributed by atoms with E-state index in [0.717, 1.165) is 18.1 Å². The maximum absolute atomic E-state index is 13.9. The summed E-state index contributed by atoms with van der Waals surface area (Å²) in [6, 6.07) is -0.396. The fourth-order valence-electron chi connectivity index (χ4n) is 6.03. The summed E-state index contributed by atoms with van der Waals surface area (Å²) in [5.41, 5.74) is -6.37. The molecule has 0 radical (unpaired) electrons. The monoisotopic (exact) mass is 806 g/mol. The van der Waals surface area contributed by atoms with Crippen LogP contribution in [0.2, 0.25) is 0 Å². The number of ether oxygens (including phenoxy) is 4. The van der Waals surface area contributed by atoms with Crippen LogP contribution in [0.4, 0.5) is 54.8 Å². The minimum atomic E-state index is -5.28. The highest BCUT2D eigenvalue weighted by atomic mass is 19.4. The average Bonchev–Trinajstić information content (AvgIpc) is 3.10. The van der Waals surface area contributed by atoms with Crippen molar-refractivity contribution in [2.75, 3.05) is 18.6 Å². The number of carbonyl (C=O) groups is 4. The van der Waals surface area contributed by atoms with Gasteiger partial charge in [-0.15, -0.1) is 0 Å². The highest BCUT2D eigenvalue weighted by Crippen LogP contribution is 2.45. The number of hydrogen-bond donors (Lipinski definition) is 4. The van der Waals surface area contributed by atoms with Gasteiger partial charge in [-0.25, -0.2) is 19.2 Å². The van der Waals surface area contributed by atoms with Gasteiger partial charge >= 0.3 is 42.7 Å². The van der Waals surface area contributed by atoms with Crippen molar-refractivity contribution in [3.05, 3.63) is 64.2 Å². The number of carboxylic acid groups (broad SMARTS) is 1. The number of amides is 2. The lowest BCUT2D eigenvalue weighted by Crippen LogP contribution is -2.60. The first kappa shape index (κ1) is 42.9. The maximum Gasteiger partial charge on any atom is 0.416 e. The second-order valence-corrected chi connectivity index (χ2v) is 12.2. The van der Waals surface area contributed by atoms with Crippen molar-refractivity contribution in [1.82, 2.24) is 4.90 Å². The number of fused-ring (bicyclic) bond motifs is 1. The summed E-state index contributed by atoms with van der Waals surface area (Å²) in [5.74, 6) is -3.31. The molecule has 0 spiro atoms. The summed E-state index contributed by atoms with van der Waals surface area (Å²) in [5, 5.41) is 38.9. The van der Waals surface area contributed by atoms with Crippen molar-refractivity contribution < 1.29 is 98.1 Å². The van der Waals surface area contributed by atoms with Crippen molar-refractivity contribution in [2.24, 2.45) is 0 Å². The van der Waals surface area contributed by atoms with Gasteiger partial charge in [0.25, 0.3) is 0 Å². The first-order valence-electron chi connectivity index (χ1n) is 15.8. The predicted octanol–water partition coefficient (Wildman–Crippen LogP) is 4.61. The van der Waals surface area contributed by atoms with Gasteiger partial charge in [0.05, 0.1) is 35.5 Å². The third-order valence-corrected chi connectivity index (χ3v) is 8.66. The van der Waals surface area contributed by atoms with Crippen LogP contribution in [-0.4, -0.2) is 99.9 Å². The second kappa shape index (κ2) is 16.1. The quantitative estimate of drug-likeness (QED) is 0.165. The van der Waals surface area contributed by atoms with Gasteiger partial charge in [-0.3, -0.25) is 9.80 Å². The SMILES string of the molecule is CCC1C[C@H](N(Cc2cc(C(F)(F)F)cc(C(F)(F)F)c2)C(=O)OC)c2cc(C(F)(F)F)ccc2N1C(=O)OCC(=O)OC1OC(C(=O)O)C(O)C(O)C1O. The van der Waals surface area contributed by atoms with Crippen LogP contribution < -0.4 is 4.90 Å². The Labute approximate surface area is 303 Å². The molecule has 304 valence electrons. The molecule has 1 fully saturated rings. The number of esters is 1. The molecule has 14 nitrogen and oxygen atoms in total.